The molecule has 1 aromatic rings. The predicted molar refractivity (Wildman–Crippen MR) is 36.1 cm³/mol. The monoisotopic (exact) mass is 171 g/mol. The Balaban J connectivity index is 2.75. The van der Waals surface area contributed by atoms with Crippen molar-refractivity contribution in [3.05, 3.63) is 18.1 Å². The summed E-state index contributed by atoms with van der Waals surface area (Å²) in [5.74, 6) is 0. The van der Waals surface area contributed by atoms with E-state index < -0.39 is 10.0 Å². The van der Waals surface area contributed by atoms with Gasteiger partial charge in [-0.2, -0.15) is 0 Å². The second kappa shape index (κ2) is 1.99. The summed E-state index contributed by atoms with van der Waals surface area (Å²) in [6.45, 7) is 0.255. The van der Waals surface area contributed by atoms with Gasteiger partial charge in [-0.3, -0.25) is 4.98 Å². The highest BCUT2D eigenvalue weighted by Crippen LogP contribution is 2.15. The van der Waals surface area contributed by atoms with Crippen LogP contribution in [0.5, 0.6) is 0 Å². The van der Waals surface area contributed by atoms with Gasteiger partial charge in [-0.25, -0.2) is 18.1 Å². The summed E-state index contributed by atoms with van der Waals surface area (Å²) in [6.07, 6.45) is 2.84. The van der Waals surface area contributed by atoms with E-state index in [4.69, 9.17) is 0 Å². The minimum atomic E-state index is -3.33. The average Bonchev–Trinajstić information content (AvgIpc) is 2.29. The lowest BCUT2D eigenvalue weighted by atomic mass is 10.5. The molecule has 1 aliphatic rings. The number of nitrogens with one attached hydrogen (secondary N) is 1. The van der Waals surface area contributed by atoms with E-state index in [1.54, 1.807) is 0 Å². The van der Waals surface area contributed by atoms with Crippen molar-refractivity contribution in [1.82, 2.24) is 14.7 Å². The molecule has 0 fully saturated rings. The molecule has 11 heavy (non-hydrogen) atoms. The molecule has 0 amide bonds. The molecule has 0 radical (unpaired) electrons. The number of sulfonamides is 1. The van der Waals surface area contributed by atoms with E-state index in [9.17, 15) is 8.42 Å². The number of aromatic nitrogens is 2. The average molecular weight is 171 g/mol. The normalized spacial score (nSPS) is 19.6. The molecular weight excluding hydrogens is 166 g/mol. The van der Waals surface area contributed by atoms with Crippen LogP contribution in [0.25, 0.3) is 0 Å². The van der Waals surface area contributed by atoms with Gasteiger partial charge in [-0.05, 0) is 0 Å². The molecule has 58 valence electrons. The fourth-order valence-electron chi connectivity index (χ4n) is 0.932. The number of hydrogen-bond donors (Lipinski definition) is 1. The third-order valence-corrected chi connectivity index (χ3v) is 2.79. The molecule has 0 saturated heterocycles. The molecule has 0 atom stereocenters. The van der Waals surface area contributed by atoms with Gasteiger partial charge >= 0.3 is 0 Å². The maximum atomic E-state index is 11.0. The Kier molecular flexibility index (Phi) is 1.21. The second-order valence-corrected chi connectivity index (χ2v) is 3.81. The molecular formula is C5H5N3O2S. The molecule has 6 heteroatoms. The summed E-state index contributed by atoms with van der Waals surface area (Å²) in [4.78, 5) is 7.55. The number of fused-ring (bicyclic) bond motifs is 1. The minimum Gasteiger partial charge on any atom is -0.255 e. The molecule has 2 heterocycles. The van der Waals surface area contributed by atoms with E-state index in [1.807, 2.05) is 0 Å². The van der Waals surface area contributed by atoms with Crippen molar-refractivity contribution in [3.8, 4) is 0 Å². The lowest BCUT2D eigenvalue weighted by Crippen LogP contribution is -2.14. The largest absolute Gasteiger partial charge is 0.260 e. The van der Waals surface area contributed by atoms with E-state index in [1.165, 1.54) is 12.4 Å². The molecule has 0 bridgehead atoms. The summed E-state index contributed by atoms with van der Waals surface area (Å²) >= 11 is 0. The van der Waals surface area contributed by atoms with Crippen LogP contribution < -0.4 is 4.72 Å². The van der Waals surface area contributed by atoms with Gasteiger partial charge in [0, 0.05) is 12.4 Å². The molecule has 2 rings (SSSR count). The lowest BCUT2D eigenvalue weighted by Gasteiger charge is -1.91. The first-order valence-electron chi connectivity index (χ1n) is 3.00. The van der Waals surface area contributed by atoms with Crippen molar-refractivity contribution in [2.75, 3.05) is 0 Å². The molecule has 1 aliphatic heterocycles. The molecule has 0 saturated carbocycles. The van der Waals surface area contributed by atoms with E-state index in [0.717, 1.165) is 0 Å². The maximum absolute atomic E-state index is 11.0. The first-order chi connectivity index (χ1) is 5.20. The van der Waals surface area contributed by atoms with Crippen LogP contribution in [0.4, 0.5) is 0 Å². The quantitative estimate of drug-likeness (QED) is 0.558. The van der Waals surface area contributed by atoms with Crippen LogP contribution in [0.15, 0.2) is 17.4 Å². The van der Waals surface area contributed by atoms with Crippen LogP contribution in [0.2, 0.25) is 0 Å². The summed E-state index contributed by atoms with van der Waals surface area (Å²) in [5, 5.41) is 0.0556. The van der Waals surface area contributed by atoms with Gasteiger partial charge in [0.2, 0.25) is 0 Å². The summed E-state index contributed by atoms with van der Waals surface area (Å²) in [5.41, 5.74) is 0.493. The van der Waals surface area contributed by atoms with Crippen LogP contribution in [0.3, 0.4) is 0 Å². The van der Waals surface area contributed by atoms with Gasteiger partial charge < -0.3 is 0 Å². The summed E-state index contributed by atoms with van der Waals surface area (Å²) in [7, 11) is -3.33. The Bertz CT molecular complexity index is 386. The Hall–Kier alpha value is -1.01. The zero-order valence-electron chi connectivity index (χ0n) is 5.48. The van der Waals surface area contributed by atoms with Crippen LogP contribution in [0, 0.1) is 0 Å². The Labute approximate surface area is 63.5 Å². The van der Waals surface area contributed by atoms with Gasteiger partial charge in [0.25, 0.3) is 10.0 Å². The van der Waals surface area contributed by atoms with Gasteiger partial charge in [0.05, 0.1) is 12.2 Å². The van der Waals surface area contributed by atoms with Gasteiger partial charge in [0.1, 0.15) is 0 Å². The van der Waals surface area contributed by atoms with E-state index in [2.05, 4.69) is 14.7 Å². The lowest BCUT2D eigenvalue weighted by molar-refractivity contribution is 0.587. The number of hydrogen-bond acceptors (Lipinski definition) is 4. The third-order valence-electron chi connectivity index (χ3n) is 1.42. The molecule has 0 aliphatic carbocycles. The zero-order chi connectivity index (χ0) is 7.90. The van der Waals surface area contributed by atoms with Crippen molar-refractivity contribution in [2.45, 2.75) is 11.6 Å². The van der Waals surface area contributed by atoms with Crippen molar-refractivity contribution in [2.24, 2.45) is 0 Å². The molecule has 1 aromatic heterocycles. The van der Waals surface area contributed by atoms with E-state index in [0.29, 0.717) is 5.69 Å². The third kappa shape index (κ3) is 0.908. The molecule has 0 spiro atoms. The zero-order valence-corrected chi connectivity index (χ0v) is 6.30. The number of nitrogens with zero attached hydrogens (tertiary/aromatic N) is 2. The van der Waals surface area contributed by atoms with Crippen molar-refractivity contribution in [3.63, 3.8) is 0 Å². The second-order valence-electron chi connectivity index (χ2n) is 2.13. The van der Waals surface area contributed by atoms with Crippen LogP contribution in [-0.4, -0.2) is 18.4 Å². The minimum absolute atomic E-state index is 0.0556. The Morgan fingerprint density at radius 2 is 2.09 bits per heavy atom. The SMILES string of the molecule is O=S1(=O)NCc2nccnc21. The van der Waals surface area contributed by atoms with E-state index in [-0.39, 0.29) is 11.6 Å². The maximum Gasteiger partial charge on any atom is 0.260 e. The van der Waals surface area contributed by atoms with Gasteiger partial charge in [-0.1, -0.05) is 0 Å². The topological polar surface area (TPSA) is 72.0 Å². The van der Waals surface area contributed by atoms with Crippen molar-refractivity contribution < 1.29 is 8.42 Å². The number of rotatable bonds is 0. The van der Waals surface area contributed by atoms with Gasteiger partial charge in [-0.15, -0.1) is 0 Å². The molecule has 0 unspecified atom stereocenters. The standard InChI is InChI=1S/C5H5N3O2S/c9-11(10)5-4(3-8-11)6-1-2-7-5/h1-2,8H,3H2. The van der Waals surface area contributed by atoms with Crippen LogP contribution in [-0.2, 0) is 16.6 Å². The smallest absolute Gasteiger partial charge is 0.255 e. The summed E-state index contributed by atoms with van der Waals surface area (Å²) < 4.78 is 24.4. The molecule has 1 N–H and O–H groups in total. The van der Waals surface area contributed by atoms with Crippen molar-refractivity contribution in [1.29, 1.82) is 0 Å². The van der Waals surface area contributed by atoms with Crippen LogP contribution >= 0.6 is 0 Å². The highest BCUT2D eigenvalue weighted by atomic mass is 32.2. The highest BCUT2D eigenvalue weighted by molar-refractivity contribution is 7.89. The molecule has 0 aromatic carbocycles. The predicted octanol–water partition coefficient (Wildman–Crippen LogP) is -0.732. The highest BCUT2D eigenvalue weighted by Gasteiger charge is 2.27. The van der Waals surface area contributed by atoms with Crippen molar-refractivity contribution >= 4 is 10.0 Å². The Morgan fingerprint density at radius 1 is 1.36 bits per heavy atom. The van der Waals surface area contributed by atoms with Gasteiger partial charge in [0.15, 0.2) is 5.03 Å². The first kappa shape index (κ1) is 6.68. The molecule has 5 nitrogen and oxygen atoms in total. The van der Waals surface area contributed by atoms with Crippen LogP contribution in [0.1, 0.15) is 5.69 Å². The first-order valence-corrected chi connectivity index (χ1v) is 4.48. The fraction of sp³-hybridized carbons (Fsp3) is 0.200. The Morgan fingerprint density at radius 3 is 2.82 bits per heavy atom. The van der Waals surface area contributed by atoms with E-state index >= 15 is 0 Å². The fourth-order valence-corrected chi connectivity index (χ4v) is 2.03. The summed E-state index contributed by atoms with van der Waals surface area (Å²) in [6, 6.07) is 0.